The van der Waals surface area contributed by atoms with Gasteiger partial charge in [-0.1, -0.05) is 13.3 Å². The molecule has 1 saturated carbocycles. The molecule has 2 aromatic heterocycles. The Labute approximate surface area is 101 Å². The second-order valence-electron chi connectivity index (χ2n) is 5.05. The molecular weight excluding hydrogens is 212 g/mol. The highest BCUT2D eigenvalue weighted by atomic mass is 16.3. The summed E-state index contributed by atoms with van der Waals surface area (Å²) in [5.74, 6) is 0.955. The van der Waals surface area contributed by atoms with Gasteiger partial charge in [0.1, 0.15) is 11.4 Å². The van der Waals surface area contributed by atoms with Crippen LogP contribution in [0.5, 0.6) is 0 Å². The summed E-state index contributed by atoms with van der Waals surface area (Å²) in [7, 11) is 0. The highest BCUT2D eigenvalue weighted by Gasteiger charge is 2.34. The topological polar surface area (TPSA) is 38.1 Å². The first-order valence-electron chi connectivity index (χ1n) is 6.39. The molecule has 2 heterocycles. The van der Waals surface area contributed by atoms with Crippen molar-refractivity contribution in [3.05, 3.63) is 24.6 Å². The summed E-state index contributed by atoms with van der Waals surface area (Å²) >= 11 is 0. The van der Waals surface area contributed by atoms with E-state index in [0.29, 0.717) is 5.41 Å². The van der Waals surface area contributed by atoms with Gasteiger partial charge in [0.05, 0.1) is 11.6 Å². The van der Waals surface area contributed by atoms with Crippen LogP contribution in [0.3, 0.4) is 0 Å². The highest BCUT2D eigenvalue weighted by molar-refractivity contribution is 5.87. The van der Waals surface area contributed by atoms with Gasteiger partial charge in [-0.05, 0) is 36.8 Å². The van der Waals surface area contributed by atoms with Gasteiger partial charge in [0.25, 0.3) is 0 Å². The SMILES string of the molecule is CCC1(CNc2nccc3occc23)CCC1. The number of rotatable bonds is 4. The number of pyridine rings is 1. The molecule has 3 heteroatoms. The zero-order chi connectivity index (χ0) is 11.7. The molecule has 0 bridgehead atoms. The summed E-state index contributed by atoms with van der Waals surface area (Å²) in [6.07, 6.45) is 8.83. The second kappa shape index (κ2) is 4.06. The molecule has 0 saturated heterocycles. The van der Waals surface area contributed by atoms with E-state index in [1.54, 1.807) is 12.5 Å². The summed E-state index contributed by atoms with van der Waals surface area (Å²) in [4.78, 5) is 4.40. The molecule has 0 spiro atoms. The van der Waals surface area contributed by atoms with Crippen LogP contribution in [-0.4, -0.2) is 11.5 Å². The van der Waals surface area contributed by atoms with E-state index < -0.39 is 0 Å². The van der Waals surface area contributed by atoms with E-state index in [-0.39, 0.29) is 0 Å². The van der Waals surface area contributed by atoms with Gasteiger partial charge < -0.3 is 9.73 Å². The van der Waals surface area contributed by atoms with Crippen LogP contribution in [0.1, 0.15) is 32.6 Å². The monoisotopic (exact) mass is 230 g/mol. The van der Waals surface area contributed by atoms with Crippen LogP contribution < -0.4 is 5.32 Å². The number of aromatic nitrogens is 1. The van der Waals surface area contributed by atoms with Crippen molar-refractivity contribution in [2.75, 3.05) is 11.9 Å². The van der Waals surface area contributed by atoms with Crippen molar-refractivity contribution in [2.45, 2.75) is 32.6 Å². The van der Waals surface area contributed by atoms with Crippen LogP contribution in [0.15, 0.2) is 29.0 Å². The van der Waals surface area contributed by atoms with E-state index >= 15 is 0 Å². The zero-order valence-corrected chi connectivity index (χ0v) is 10.2. The van der Waals surface area contributed by atoms with Crippen LogP contribution in [0.2, 0.25) is 0 Å². The largest absolute Gasteiger partial charge is 0.464 e. The van der Waals surface area contributed by atoms with Crippen molar-refractivity contribution in [1.29, 1.82) is 0 Å². The van der Waals surface area contributed by atoms with Crippen LogP contribution in [0.25, 0.3) is 11.0 Å². The maximum Gasteiger partial charge on any atom is 0.139 e. The molecule has 0 radical (unpaired) electrons. The Bertz CT molecular complexity index is 508. The minimum absolute atomic E-state index is 0.508. The van der Waals surface area contributed by atoms with E-state index in [2.05, 4.69) is 17.2 Å². The molecule has 17 heavy (non-hydrogen) atoms. The van der Waals surface area contributed by atoms with Crippen LogP contribution in [0, 0.1) is 5.41 Å². The van der Waals surface area contributed by atoms with E-state index in [1.165, 1.54) is 25.7 Å². The van der Waals surface area contributed by atoms with Crippen molar-refractivity contribution in [3.8, 4) is 0 Å². The predicted octanol–water partition coefficient (Wildman–Crippen LogP) is 3.82. The summed E-state index contributed by atoms with van der Waals surface area (Å²) in [5, 5.41) is 4.58. The molecule has 3 nitrogen and oxygen atoms in total. The molecule has 90 valence electrons. The Morgan fingerprint density at radius 2 is 2.29 bits per heavy atom. The standard InChI is InChI=1S/C14H18N2O/c1-2-14(6-3-7-14)10-16-13-11-5-9-17-12(11)4-8-15-13/h4-5,8-9H,2-3,6-7,10H2,1H3,(H,15,16). The number of furan rings is 1. The lowest BCUT2D eigenvalue weighted by Crippen LogP contribution is -2.36. The molecule has 0 aromatic carbocycles. The summed E-state index contributed by atoms with van der Waals surface area (Å²) < 4.78 is 5.38. The number of fused-ring (bicyclic) bond motifs is 1. The van der Waals surface area contributed by atoms with E-state index in [9.17, 15) is 0 Å². The maximum absolute atomic E-state index is 5.38. The third kappa shape index (κ3) is 1.79. The Balaban J connectivity index is 1.78. The number of nitrogens with zero attached hydrogens (tertiary/aromatic N) is 1. The van der Waals surface area contributed by atoms with Crippen LogP contribution in [0.4, 0.5) is 5.82 Å². The van der Waals surface area contributed by atoms with E-state index in [4.69, 9.17) is 4.42 Å². The Hall–Kier alpha value is -1.51. The molecule has 0 unspecified atom stereocenters. The van der Waals surface area contributed by atoms with Crippen molar-refractivity contribution in [2.24, 2.45) is 5.41 Å². The minimum atomic E-state index is 0.508. The molecule has 0 aliphatic heterocycles. The van der Waals surface area contributed by atoms with Crippen LogP contribution >= 0.6 is 0 Å². The molecule has 3 rings (SSSR count). The highest BCUT2D eigenvalue weighted by Crippen LogP contribution is 2.43. The number of hydrogen-bond donors (Lipinski definition) is 1. The third-order valence-corrected chi connectivity index (χ3v) is 4.17. The fourth-order valence-corrected chi connectivity index (χ4v) is 2.64. The van der Waals surface area contributed by atoms with Crippen molar-refractivity contribution >= 4 is 16.8 Å². The smallest absolute Gasteiger partial charge is 0.139 e. The molecule has 0 atom stereocenters. The van der Waals surface area contributed by atoms with Gasteiger partial charge in [-0.2, -0.15) is 0 Å². The van der Waals surface area contributed by atoms with Gasteiger partial charge in [0.2, 0.25) is 0 Å². The first-order valence-corrected chi connectivity index (χ1v) is 6.39. The van der Waals surface area contributed by atoms with Gasteiger partial charge in [-0.15, -0.1) is 0 Å². The molecular formula is C14H18N2O. The molecule has 1 N–H and O–H groups in total. The van der Waals surface area contributed by atoms with Gasteiger partial charge in [0, 0.05) is 12.7 Å². The van der Waals surface area contributed by atoms with Gasteiger partial charge >= 0.3 is 0 Å². The van der Waals surface area contributed by atoms with Crippen molar-refractivity contribution < 1.29 is 4.42 Å². The maximum atomic E-state index is 5.38. The molecule has 1 aliphatic rings. The fraction of sp³-hybridized carbons (Fsp3) is 0.500. The quantitative estimate of drug-likeness (QED) is 0.867. The van der Waals surface area contributed by atoms with Gasteiger partial charge in [0.15, 0.2) is 0 Å². The summed E-state index contributed by atoms with van der Waals surface area (Å²) in [6, 6.07) is 3.88. The van der Waals surface area contributed by atoms with Gasteiger partial charge in [-0.3, -0.25) is 0 Å². The zero-order valence-electron chi connectivity index (χ0n) is 10.2. The average molecular weight is 230 g/mol. The Morgan fingerprint density at radius 3 is 3.00 bits per heavy atom. The molecule has 1 aliphatic carbocycles. The predicted molar refractivity (Wildman–Crippen MR) is 69.1 cm³/mol. The Morgan fingerprint density at radius 1 is 1.41 bits per heavy atom. The normalized spacial score (nSPS) is 17.9. The first kappa shape index (κ1) is 10.6. The number of nitrogens with one attached hydrogen (secondary N) is 1. The summed E-state index contributed by atoms with van der Waals surface area (Å²) in [5.41, 5.74) is 1.41. The first-order chi connectivity index (χ1) is 8.33. The lowest BCUT2D eigenvalue weighted by molar-refractivity contribution is 0.145. The molecule has 1 fully saturated rings. The molecule has 2 aromatic rings. The number of anilines is 1. The second-order valence-corrected chi connectivity index (χ2v) is 5.05. The van der Waals surface area contributed by atoms with E-state index in [0.717, 1.165) is 23.3 Å². The lowest BCUT2D eigenvalue weighted by atomic mass is 9.67. The average Bonchev–Trinajstić information content (AvgIpc) is 2.77. The lowest BCUT2D eigenvalue weighted by Gasteiger charge is -2.41. The van der Waals surface area contributed by atoms with Crippen molar-refractivity contribution in [1.82, 2.24) is 4.98 Å². The van der Waals surface area contributed by atoms with Gasteiger partial charge in [-0.25, -0.2) is 4.98 Å². The fourth-order valence-electron chi connectivity index (χ4n) is 2.64. The molecule has 0 amide bonds. The Kier molecular flexibility index (Phi) is 2.54. The van der Waals surface area contributed by atoms with Crippen molar-refractivity contribution in [3.63, 3.8) is 0 Å². The van der Waals surface area contributed by atoms with Crippen LogP contribution in [-0.2, 0) is 0 Å². The summed E-state index contributed by atoms with van der Waals surface area (Å²) in [6.45, 7) is 3.31. The minimum Gasteiger partial charge on any atom is -0.464 e. The number of hydrogen-bond acceptors (Lipinski definition) is 3. The third-order valence-electron chi connectivity index (χ3n) is 4.17. The van der Waals surface area contributed by atoms with E-state index in [1.807, 2.05) is 12.1 Å².